The van der Waals surface area contributed by atoms with Gasteiger partial charge in [-0.25, -0.2) is 4.79 Å². The van der Waals surface area contributed by atoms with Gasteiger partial charge in [0.25, 0.3) is 5.56 Å². The zero-order valence-corrected chi connectivity index (χ0v) is 15.7. The van der Waals surface area contributed by atoms with Crippen LogP contribution in [0.5, 0.6) is 0 Å². The third kappa shape index (κ3) is 3.22. The average molecular weight is 372 g/mol. The highest BCUT2D eigenvalue weighted by Gasteiger charge is 2.31. The number of nitrogen functional groups attached to an aromatic ring is 1. The van der Waals surface area contributed by atoms with Gasteiger partial charge < -0.3 is 10.8 Å². The molecule has 0 bridgehead atoms. The van der Waals surface area contributed by atoms with E-state index in [-0.39, 0.29) is 11.4 Å². The highest BCUT2D eigenvalue weighted by molar-refractivity contribution is 6.03. The first-order valence-electron chi connectivity index (χ1n) is 8.83. The number of aromatic nitrogens is 2. The van der Waals surface area contributed by atoms with E-state index in [9.17, 15) is 19.5 Å². The topological polar surface area (TPSA) is 111 Å². The Morgan fingerprint density at radius 1 is 1.22 bits per heavy atom. The second kappa shape index (κ2) is 7.13. The number of hydrogen-bond donors (Lipinski definition) is 2. The summed E-state index contributed by atoms with van der Waals surface area (Å²) >= 11 is 0. The number of nitrogens with zero attached hydrogens (tertiary/aromatic N) is 3. The Labute approximate surface area is 156 Å². The van der Waals surface area contributed by atoms with Crippen molar-refractivity contribution in [1.82, 2.24) is 14.0 Å². The number of anilines is 1. The summed E-state index contributed by atoms with van der Waals surface area (Å²) in [4.78, 5) is 39.5. The highest BCUT2D eigenvalue weighted by Crippen LogP contribution is 2.28. The van der Waals surface area contributed by atoms with E-state index in [0.29, 0.717) is 19.5 Å². The quantitative estimate of drug-likeness (QED) is 0.744. The van der Waals surface area contributed by atoms with Crippen molar-refractivity contribution in [2.45, 2.75) is 32.0 Å². The van der Waals surface area contributed by atoms with Gasteiger partial charge >= 0.3 is 5.69 Å². The molecule has 1 aromatic heterocycles. The number of ketones is 1. The number of fused-ring (bicyclic) bond motifs is 1. The lowest BCUT2D eigenvalue weighted by Gasteiger charge is -2.27. The smallest absolute Gasteiger partial charge is 0.332 e. The highest BCUT2D eigenvalue weighted by atomic mass is 16.3. The van der Waals surface area contributed by atoms with Crippen molar-refractivity contribution in [2.24, 2.45) is 14.1 Å². The zero-order chi connectivity index (χ0) is 19.9. The predicted octanol–water partition coefficient (Wildman–Crippen LogP) is 0.177. The average Bonchev–Trinajstić information content (AvgIpc) is 2.83. The summed E-state index contributed by atoms with van der Waals surface area (Å²) in [5, 5.41) is 10.4. The summed E-state index contributed by atoms with van der Waals surface area (Å²) < 4.78 is 1.99. The molecule has 0 spiro atoms. The second-order valence-electron chi connectivity index (χ2n) is 6.98. The van der Waals surface area contributed by atoms with Crippen LogP contribution in [0.15, 0.2) is 33.9 Å². The Kier molecular flexibility index (Phi) is 5.03. The molecule has 1 aromatic carbocycles. The molecule has 1 aliphatic rings. The van der Waals surface area contributed by atoms with Gasteiger partial charge in [0.1, 0.15) is 11.4 Å². The summed E-state index contributed by atoms with van der Waals surface area (Å²) in [5.74, 6) is -0.562. The Hall–Kier alpha value is -2.71. The number of nitrogens with two attached hydrogens (primary N) is 1. The minimum Gasteiger partial charge on any atom is -0.388 e. The molecule has 0 fully saturated rings. The maximum absolute atomic E-state index is 13.1. The lowest BCUT2D eigenvalue weighted by molar-refractivity contribution is 0.0801. The van der Waals surface area contributed by atoms with Gasteiger partial charge in [0, 0.05) is 27.2 Å². The summed E-state index contributed by atoms with van der Waals surface area (Å²) in [6.07, 6.45) is -0.112. The Morgan fingerprint density at radius 2 is 1.89 bits per heavy atom. The molecule has 0 amide bonds. The van der Waals surface area contributed by atoms with Crippen LogP contribution in [0.4, 0.5) is 5.82 Å². The molecule has 1 aliphatic heterocycles. The van der Waals surface area contributed by atoms with E-state index >= 15 is 0 Å². The Balaban J connectivity index is 1.98. The molecule has 0 saturated carbocycles. The van der Waals surface area contributed by atoms with Gasteiger partial charge in [-0.15, -0.1) is 0 Å². The van der Waals surface area contributed by atoms with E-state index in [1.54, 1.807) is 6.92 Å². The van der Waals surface area contributed by atoms with Crippen molar-refractivity contribution in [3.8, 4) is 0 Å². The molecule has 144 valence electrons. The molecule has 3 N–H and O–H groups in total. The third-order valence-corrected chi connectivity index (χ3v) is 5.36. The van der Waals surface area contributed by atoms with Crippen molar-refractivity contribution < 1.29 is 9.90 Å². The van der Waals surface area contributed by atoms with E-state index in [1.807, 2.05) is 29.2 Å². The summed E-state index contributed by atoms with van der Waals surface area (Å²) in [6.45, 7) is 2.69. The van der Waals surface area contributed by atoms with Crippen LogP contribution in [0, 0.1) is 0 Å². The molecule has 0 saturated heterocycles. The summed E-state index contributed by atoms with van der Waals surface area (Å²) in [5.41, 5.74) is 6.28. The first kappa shape index (κ1) is 19.1. The maximum Gasteiger partial charge on any atom is 0.332 e. The first-order chi connectivity index (χ1) is 12.7. The third-order valence-electron chi connectivity index (χ3n) is 5.36. The summed E-state index contributed by atoms with van der Waals surface area (Å²) in [6, 6.07) is 6.95. The maximum atomic E-state index is 13.1. The number of aliphatic hydroxyl groups excluding tert-OH is 1. The SMILES string of the molecule is CC(C(=O)c1c(N)n(C)c(=O)n(C)c1=O)N1CCC(O)c2ccccc2C1. The fourth-order valence-electron chi connectivity index (χ4n) is 3.54. The molecule has 8 nitrogen and oxygen atoms in total. The van der Waals surface area contributed by atoms with E-state index in [0.717, 1.165) is 20.3 Å². The van der Waals surface area contributed by atoms with E-state index in [4.69, 9.17) is 5.73 Å². The van der Waals surface area contributed by atoms with Gasteiger partial charge in [0.2, 0.25) is 0 Å². The van der Waals surface area contributed by atoms with Crippen molar-refractivity contribution in [1.29, 1.82) is 0 Å². The lowest BCUT2D eigenvalue weighted by Crippen LogP contribution is -2.46. The molecular weight excluding hydrogens is 348 g/mol. The van der Waals surface area contributed by atoms with Crippen LogP contribution in [-0.2, 0) is 20.6 Å². The molecule has 27 heavy (non-hydrogen) atoms. The van der Waals surface area contributed by atoms with Crippen LogP contribution in [0.2, 0.25) is 0 Å². The molecule has 2 unspecified atom stereocenters. The molecule has 0 radical (unpaired) electrons. The van der Waals surface area contributed by atoms with Gasteiger partial charge in [-0.1, -0.05) is 24.3 Å². The van der Waals surface area contributed by atoms with E-state index in [2.05, 4.69) is 0 Å². The molecule has 2 heterocycles. The number of carbonyl (C=O) groups excluding carboxylic acids is 1. The minimum atomic E-state index is -0.692. The van der Waals surface area contributed by atoms with E-state index in [1.165, 1.54) is 14.1 Å². The van der Waals surface area contributed by atoms with Crippen molar-refractivity contribution in [3.05, 3.63) is 61.8 Å². The zero-order valence-electron chi connectivity index (χ0n) is 15.7. The standard InChI is InChI=1S/C19H24N4O4/c1-11(16(25)15-17(20)21(2)19(27)22(3)18(15)26)23-9-8-14(24)13-7-5-4-6-12(13)10-23/h4-7,11,14,24H,8-10,20H2,1-3H3. The largest absolute Gasteiger partial charge is 0.388 e. The fourth-order valence-corrected chi connectivity index (χ4v) is 3.54. The number of rotatable bonds is 3. The molecular formula is C19H24N4O4. The lowest BCUT2D eigenvalue weighted by atomic mass is 10.0. The van der Waals surface area contributed by atoms with Crippen LogP contribution < -0.4 is 17.0 Å². The number of aliphatic hydroxyl groups is 1. The first-order valence-corrected chi connectivity index (χ1v) is 8.83. The number of hydrogen-bond acceptors (Lipinski definition) is 6. The van der Waals surface area contributed by atoms with Gasteiger partial charge in [-0.05, 0) is 24.5 Å². The van der Waals surface area contributed by atoms with Crippen LogP contribution in [-0.4, -0.2) is 37.5 Å². The van der Waals surface area contributed by atoms with Crippen LogP contribution >= 0.6 is 0 Å². The van der Waals surface area contributed by atoms with Gasteiger partial charge in [0.05, 0.1) is 12.1 Å². The number of Topliss-reactive ketones (excluding diaryl/α,β-unsaturated/α-hetero) is 1. The second-order valence-corrected chi connectivity index (χ2v) is 6.98. The van der Waals surface area contributed by atoms with Crippen LogP contribution in [0.25, 0.3) is 0 Å². The Morgan fingerprint density at radius 3 is 2.59 bits per heavy atom. The molecule has 2 aromatic rings. The van der Waals surface area contributed by atoms with Gasteiger partial charge in [-0.2, -0.15) is 0 Å². The normalized spacial score (nSPS) is 18.6. The van der Waals surface area contributed by atoms with Gasteiger partial charge in [0.15, 0.2) is 5.78 Å². The van der Waals surface area contributed by atoms with Crippen molar-refractivity contribution in [3.63, 3.8) is 0 Å². The van der Waals surface area contributed by atoms with E-state index < -0.39 is 29.2 Å². The molecule has 3 rings (SSSR count). The monoisotopic (exact) mass is 372 g/mol. The predicted molar refractivity (Wildman–Crippen MR) is 102 cm³/mol. The van der Waals surface area contributed by atoms with Crippen molar-refractivity contribution in [2.75, 3.05) is 12.3 Å². The van der Waals surface area contributed by atoms with Crippen LogP contribution in [0.1, 0.15) is 40.9 Å². The Bertz CT molecular complexity index is 1010. The minimum absolute atomic E-state index is 0.129. The molecule has 0 aliphatic carbocycles. The number of carbonyl (C=O) groups is 1. The fraction of sp³-hybridized carbons (Fsp3) is 0.421. The summed E-state index contributed by atoms with van der Waals surface area (Å²) in [7, 11) is 2.75. The molecule has 2 atom stereocenters. The molecule has 8 heteroatoms. The number of benzene rings is 1. The van der Waals surface area contributed by atoms with Crippen molar-refractivity contribution >= 4 is 11.6 Å². The van der Waals surface area contributed by atoms with Crippen LogP contribution in [0.3, 0.4) is 0 Å². The van der Waals surface area contributed by atoms with Gasteiger partial charge in [-0.3, -0.25) is 23.6 Å².